The fourth-order valence-electron chi connectivity index (χ4n) is 3.41. The molecule has 4 nitrogen and oxygen atoms in total. The van der Waals surface area contributed by atoms with Crippen molar-refractivity contribution in [2.75, 3.05) is 5.32 Å². The zero-order valence-electron chi connectivity index (χ0n) is 14.2. The monoisotopic (exact) mass is 348 g/mol. The first-order chi connectivity index (χ1) is 11.5. The van der Waals surface area contributed by atoms with Crippen LogP contribution in [0.5, 0.6) is 0 Å². The van der Waals surface area contributed by atoms with E-state index in [2.05, 4.69) is 10.6 Å². The Morgan fingerprint density at radius 2 is 1.75 bits per heavy atom. The van der Waals surface area contributed by atoms with Crippen LogP contribution in [0.15, 0.2) is 18.2 Å². The summed E-state index contributed by atoms with van der Waals surface area (Å²) in [4.78, 5) is 25.4. The van der Waals surface area contributed by atoms with E-state index in [0.717, 1.165) is 31.2 Å². The molecule has 1 aromatic rings. The van der Waals surface area contributed by atoms with Gasteiger partial charge in [-0.3, -0.25) is 9.59 Å². The molecule has 3 rings (SSSR count). The number of anilines is 1. The lowest BCUT2D eigenvalue weighted by Gasteiger charge is -2.21. The summed E-state index contributed by atoms with van der Waals surface area (Å²) in [5.74, 6) is -0.314. The summed E-state index contributed by atoms with van der Waals surface area (Å²) in [5, 5.41) is 6.64. The highest BCUT2D eigenvalue weighted by atomic mass is 35.5. The normalized spacial score (nSPS) is 20.1. The zero-order chi connectivity index (χ0) is 17.2. The minimum Gasteiger partial charge on any atom is -0.352 e. The third-order valence-corrected chi connectivity index (χ3v) is 5.74. The van der Waals surface area contributed by atoms with Crippen molar-refractivity contribution in [2.24, 2.45) is 5.41 Å². The molecule has 2 fully saturated rings. The van der Waals surface area contributed by atoms with E-state index in [1.807, 2.05) is 13.0 Å². The van der Waals surface area contributed by atoms with Crippen molar-refractivity contribution < 1.29 is 9.59 Å². The van der Waals surface area contributed by atoms with Crippen LogP contribution in [0, 0.1) is 12.3 Å². The van der Waals surface area contributed by atoms with Crippen molar-refractivity contribution in [1.29, 1.82) is 0 Å². The fourth-order valence-corrected chi connectivity index (χ4v) is 3.59. The quantitative estimate of drug-likeness (QED) is 0.632. The first-order valence-corrected chi connectivity index (χ1v) is 9.28. The molecule has 0 saturated heterocycles. The van der Waals surface area contributed by atoms with E-state index < -0.39 is 5.41 Å². The maximum absolute atomic E-state index is 12.7. The Labute approximate surface area is 148 Å². The van der Waals surface area contributed by atoms with E-state index in [9.17, 15) is 9.59 Å². The lowest BCUT2D eigenvalue weighted by Crippen LogP contribution is -2.44. The largest absolute Gasteiger partial charge is 0.352 e. The van der Waals surface area contributed by atoms with Crippen LogP contribution in [0.25, 0.3) is 0 Å². The Balaban J connectivity index is 1.65. The van der Waals surface area contributed by atoms with E-state index in [1.165, 1.54) is 12.8 Å². The molecule has 0 aromatic heterocycles. The number of carbonyl (C=O) groups excluding carboxylic acids is 2. The molecule has 5 heteroatoms. The molecule has 0 atom stereocenters. The van der Waals surface area contributed by atoms with E-state index in [1.54, 1.807) is 12.1 Å². The predicted octanol–water partition coefficient (Wildman–Crippen LogP) is 4.21. The Bertz CT molecular complexity index is 632. The van der Waals surface area contributed by atoms with Crippen LogP contribution in [0.1, 0.15) is 56.9 Å². The van der Waals surface area contributed by atoms with Crippen LogP contribution in [-0.2, 0) is 9.59 Å². The molecule has 0 heterocycles. The molecule has 0 bridgehead atoms. The number of rotatable bonds is 4. The van der Waals surface area contributed by atoms with Gasteiger partial charge in [-0.2, -0.15) is 0 Å². The second kappa shape index (κ2) is 7.14. The van der Waals surface area contributed by atoms with Gasteiger partial charge in [0.15, 0.2) is 0 Å². The molecule has 0 unspecified atom stereocenters. The standard InChI is InChI=1S/C19H25ClN2O2/c1-13-15(20)9-6-10-16(13)22-18(24)19(11-12-19)17(23)21-14-7-4-2-3-5-8-14/h6,9-10,14H,2-5,7-8,11-12H2,1H3,(H,21,23)(H,22,24). The Kier molecular flexibility index (Phi) is 5.14. The second-order valence-corrected chi connectivity index (χ2v) is 7.52. The van der Waals surface area contributed by atoms with Gasteiger partial charge < -0.3 is 10.6 Å². The Hall–Kier alpha value is -1.55. The number of amides is 2. The number of carbonyl (C=O) groups is 2. The predicted molar refractivity (Wildman–Crippen MR) is 96.1 cm³/mol. The van der Waals surface area contributed by atoms with Crippen LogP contribution >= 0.6 is 11.6 Å². The van der Waals surface area contributed by atoms with Gasteiger partial charge in [-0.15, -0.1) is 0 Å². The molecule has 130 valence electrons. The van der Waals surface area contributed by atoms with Gasteiger partial charge >= 0.3 is 0 Å². The van der Waals surface area contributed by atoms with Gasteiger partial charge in [-0.05, 0) is 50.3 Å². The second-order valence-electron chi connectivity index (χ2n) is 7.11. The van der Waals surface area contributed by atoms with Gasteiger partial charge in [-0.25, -0.2) is 0 Å². The van der Waals surface area contributed by atoms with Crippen molar-refractivity contribution >= 4 is 29.1 Å². The van der Waals surface area contributed by atoms with Gasteiger partial charge in [0, 0.05) is 16.8 Å². The first-order valence-electron chi connectivity index (χ1n) is 8.90. The number of hydrogen-bond acceptors (Lipinski definition) is 2. The lowest BCUT2D eigenvalue weighted by atomic mass is 10.0. The molecule has 24 heavy (non-hydrogen) atoms. The van der Waals surface area contributed by atoms with E-state index in [-0.39, 0.29) is 17.9 Å². The van der Waals surface area contributed by atoms with Crippen molar-refractivity contribution in [3.05, 3.63) is 28.8 Å². The summed E-state index contributed by atoms with van der Waals surface area (Å²) in [5.41, 5.74) is 0.620. The zero-order valence-corrected chi connectivity index (χ0v) is 14.9. The summed E-state index contributed by atoms with van der Waals surface area (Å²) in [6.07, 6.45) is 8.09. The third-order valence-electron chi connectivity index (χ3n) is 5.33. The average Bonchev–Trinajstić information content (AvgIpc) is 3.37. The Morgan fingerprint density at radius 3 is 2.38 bits per heavy atom. The van der Waals surface area contributed by atoms with Crippen molar-refractivity contribution in [3.63, 3.8) is 0 Å². The maximum atomic E-state index is 12.7. The molecule has 1 aromatic carbocycles. The summed E-state index contributed by atoms with van der Waals surface area (Å²) in [7, 11) is 0. The lowest BCUT2D eigenvalue weighted by molar-refractivity contribution is -0.134. The van der Waals surface area contributed by atoms with Crippen LogP contribution in [0.4, 0.5) is 5.69 Å². The molecule has 2 saturated carbocycles. The highest BCUT2D eigenvalue weighted by Gasteiger charge is 2.56. The number of nitrogens with one attached hydrogen (secondary N) is 2. The van der Waals surface area contributed by atoms with E-state index in [0.29, 0.717) is 23.6 Å². The van der Waals surface area contributed by atoms with Crippen LogP contribution in [0.2, 0.25) is 5.02 Å². The summed E-state index contributed by atoms with van der Waals surface area (Å²) in [6.45, 7) is 1.86. The van der Waals surface area contributed by atoms with Crippen LogP contribution in [-0.4, -0.2) is 17.9 Å². The number of hydrogen-bond donors (Lipinski definition) is 2. The molecular weight excluding hydrogens is 324 g/mol. The molecule has 0 aliphatic heterocycles. The Morgan fingerprint density at radius 1 is 1.08 bits per heavy atom. The van der Waals surface area contributed by atoms with Gasteiger partial charge in [-0.1, -0.05) is 43.4 Å². The van der Waals surface area contributed by atoms with Crippen LogP contribution in [0.3, 0.4) is 0 Å². The van der Waals surface area contributed by atoms with Crippen molar-refractivity contribution in [3.8, 4) is 0 Å². The number of benzene rings is 1. The minimum absolute atomic E-state index is 0.105. The van der Waals surface area contributed by atoms with Gasteiger partial charge in [0.2, 0.25) is 11.8 Å². The highest BCUT2D eigenvalue weighted by Crippen LogP contribution is 2.47. The van der Waals surface area contributed by atoms with Gasteiger partial charge in [0.25, 0.3) is 0 Å². The molecular formula is C19H25ClN2O2. The van der Waals surface area contributed by atoms with Gasteiger partial charge in [0.1, 0.15) is 5.41 Å². The smallest absolute Gasteiger partial charge is 0.240 e. The first kappa shape index (κ1) is 17.3. The fraction of sp³-hybridized carbons (Fsp3) is 0.579. The SMILES string of the molecule is Cc1c(Cl)cccc1NC(=O)C1(C(=O)NC2CCCCCC2)CC1. The third kappa shape index (κ3) is 3.59. The summed E-state index contributed by atoms with van der Waals surface area (Å²) < 4.78 is 0. The van der Waals surface area contributed by atoms with Crippen molar-refractivity contribution in [1.82, 2.24) is 5.32 Å². The number of halogens is 1. The molecule has 2 aliphatic carbocycles. The highest BCUT2D eigenvalue weighted by molar-refractivity contribution is 6.31. The summed E-state index contributed by atoms with van der Waals surface area (Å²) >= 11 is 6.10. The van der Waals surface area contributed by atoms with E-state index >= 15 is 0 Å². The van der Waals surface area contributed by atoms with Gasteiger partial charge in [0.05, 0.1) is 0 Å². The molecule has 2 N–H and O–H groups in total. The minimum atomic E-state index is -0.888. The topological polar surface area (TPSA) is 58.2 Å². The molecule has 0 radical (unpaired) electrons. The molecule has 0 spiro atoms. The maximum Gasteiger partial charge on any atom is 0.240 e. The average molecular weight is 349 g/mol. The van der Waals surface area contributed by atoms with Crippen molar-refractivity contribution in [2.45, 2.75) is 64.3 Å². The summed E-state index contributed by atoms with van der Waals surface area (Å²) in [6, 6.07) is 5.63. The van der Waals surface area contributed by atoms with Crippen LogP contribution < -0.4 is 10.6 Å². The molecule has 2 amide bonds. The van der Waals surface area contributed by atoms with E-state index in [4.69, 9.17) is 11.6 Å². The molecule has 2 aliphatic rings.